The number of halogens is 2. The highest BCUT2D eigenvalue weighted by Crippen LogP contribution is 2.20. The van der Waals surface area contributed by atoms with Gasteiger partial charge in [0.2, 0.25) is 0 Å². The first kappa shape index (κ1) is 19.9. The second-order valence-electron chi connectivity index (χ2n) is 6.45. The minimum atomic E-state index is -0.328. The van der Waals surface area contributed by atoms with Gasteiger partial charge in [-0.25, -0.2) is 18.8 Å². The van der Waals surface area contributed by atoms with Crippen LogP contribution in [0.2, 0.25) is 0 Å². The summed E-state index contributed by atoms with van der Waals surface area (Å²) in [6.07, 6.45) is 2.46. The molecule has 150 valence electrons. The molecule has 1 aliphatic rings. The van der Waals surface area contributed by atoms with Crippen molar-refractivity contribution in [3.05, 3.63) is 54.2 Å². The van der Waals surface area contributed by atoms with E-state index in [1.807, 2.05) is 11.8 Å². The molecule has 0 spiro atoms. The summed E-state index contributed by atoms with van der Waals surface area (Å²) in [6, 6.07) is 9.19. The lowest BCUT2D eigenvalue weighted by atomic mass is 10.3. The van der Waals surface area contributed by atoms with Crippen LogP contribution < -0.4 is 20.3 Å². The second-order valence-corrected chi connectivity index (χ2v) is 6.45. The first-order chi connectivity index (χ1) is 13.7. The van der Waals surface area contributed by atoms with Crippen molar-refractivity contribution in [3.63, 3.8) is 0 Å². The lowest BCUT2D eigenvalue weighted by Crippen LogP contribution is -2.45. The number of nitrogens with zero attached hydrogens (tertiary/aromatic N) is 3. The number of rotatable bonds is 7. The summed E-state index contributed by atoms with van der Waals surface area (Å²) in [6.45, 7) is 4.87. The molecule has 1 unspecified atom stereocenters. The number of hydrogen-bond acceptors (Lipinski definition) is 4. The molecule has 2 aromatic rings. The van der Waals surface area contributed by atoms with Gasteiger partial charge in [-0.15, -0.1) is 0 Å². The summed E-state index contributed by atoms with van der Waals surface area (Å²) in [5.41, 5.74) is 0. The molecular weight excluding hydrogens is 364 g/mol. The molecule has 0 bridgehead atoms. The Labute approximate surface area is 163 Å². The predicted octanol–water partition coefficient (Wildman–Crippen LogP) is 2.57. The lowest BCUT2D eigenvalue weighted by molar-refractivity contribution is 0.326. The van der Waals surface area contributed by atoms with Crippen LogP contribution >= 0.6 is 0 Å². The van der Waals surface area contributed by atoms with Crippen molar-refractivity contribution < 1.29 is 13.5 Å². The zero-order chi connectivity index (χ0) is 19.8. The topological polar surface area (TPSA) is 61.8 Å². The molecule has 8 heteroatoms. The second kappa shape index (κ2) is 9.87. The number of guanidine groups is 1. The monoisotopic (exact) mass is 389 g/mol. The molecule has 1 fully saturated rings. The quantitative estimate of drug-likeness (QED) is 0.433. The molecule has 2 N–H and O–H groups in total. The number of aliphatic imine (C=N–C) groups is 1. The van der Waals surface area contributed by atoms with E-state index in [2.05, 4.69) is 20.6 Å². The first-order valence-corrected chi connectivity index (χ1v) is 9.44. The maximum atomic E-state index is 13.9. The minimum Gasteiger partial charge on any atom is -0.492 e. The molecule has 0 saturated carbocycles. The highest BCUT2D eigenvalue weighted by molar-refractivity contribution is 5.80. The summed E-state index contributed by atoms with van der Waals surface area (Å²) in [7, 11) is 0. The van der Waals surface area contributed by atoms with Crippen LogP contribution in [0.15, 0.2) is 47.6 Å². The van der Waals surface area contributed by atoms with Crippen LogP contribution in [0.1, 0.15) is 13.3 Å². The van der Waals surface area contributed by atoms with Crippen molar-refractivity contribution in [2.24, 2.45) is 4.99 Å². The van der Waals surface area contributed by atoms with Crippen LogP contribution in [0.3, 0.4) is 0 Å². The van der Waals surface area contributed by atoms with E-state index in [1.165, 1.54) is 18.2 Å². The van der Waals surface area contributed by atoms with E-state index in [4.69, 9.17) is 4.74 Å². The summed E-state index contributed by atoms with van der Waals surface area (Å²) < 4.78 is 32.6. The predicted molar refractivity (Wildman–Crippen MR) is 106 cm³/mol. The average molecular weight is 389 g/mol. The zero-order valence-corrected chi connectivity index (χ0v) is 15.9. The van der Waals surface area contributed by atoms with Crippen LogP contribution in [0, 0.1) is 11.6 Å². The van der Waals surface area contributed by atoms with Crippen LogP contribution in [0.4, 0.5) is 14.6 Å². The van der Waals surface area contributed by atoms with Crippen LogP contribution in [-0.4, -0.2) is 49.8 Å². The van der Waals surface area contributed by atoms with Crippen LogP contribution in [-0.2, 0) is 0 Å². The number of nitrogens with one attached hydrogen (secondary N) is 2. The standard InChI is InChI=1S/C20H25F2N5O/c1-2-23-20(25-10-12-28-17-6-3-5-15(21)13-17)26-16-8-11-27(14-16)19-18(22)7-4-9-24-19/h3-7,9,13,16H,2,8,10-12,14H2,1H3,(H2,23,25,26). The van der Waals surface area contributed by atoms with E-state index in [0.29, 0.717) is 37.2 Å². The highest BCUT2D eigenvalue weighted by Gasteiger charge is 2.25. The first-order valence-electron chi connectivity index (χ1n) is 9.44. The van der Waals surface area contributed by atoms with Crippen molar-refractivity contribution >= 4 is 11.8 Å². The molecular formula is C20H25F2N5O. The number of pyridine rings is 1. The van der Waals surface area contributed by atoms with E-state index in [1.54, 1.807) is 24.4 Å². The third-order valence-corrected chi connectivity index (χ3v) is 4.34. The smallest absolute Gasteiger partial charge is 0.191 e. The van der Waals surface area contributed by atoms with E-state index in [0.717, 1.165) is 19.5 Å². The molecule has 1 aliphatic heterocycles. The van der Waals surface area contributed by atoms with Gasteiger partial charge in [-0.2, -0.15) is 0 Å². The fourth-order valence-electron chi connectivity index (χ4n) is 3.07. The van der Waals surface area contributed by atoms with Crippen molar-refractivity contribution in [2.75, 3.05) is 37.7 Å². The van der Waals surface area contributed by atoms with Gasteiger partial charge in [0.1, 0.15) is 18.2 Å². The Morgan fingerprint density at radius 3 is 3.00 bits per heavy atom. The van der Waals surface area contributed by atoms with Gasteiger partial charge in [0.25, 0.3) is 0 Å². The van der Waals surface area contributed by atoms with E-state index in [-0.39, 0.29) is 17.7 Å². The van der Waals surface area contributed by atoms with Gasteiger partial charge < -0.3 is 20.3 Å². The van der Waals surface area contributed by atoms with E-state index >= 15 is 0 Å². The van der Waals surface area contributed by atoms with Crippen molar-refractivity contribution in [1.29, 1.82) is 0 Å². The molecule has 0 aliphatic carbocycles. The number of aromatic nitrogens is 1. The van der Waals surface area contributed by atoms with Crippen LogP contribution in [0.5, 0.6) is 5.75 Å². The third-order valence-electron chi connectivity index (χ3n) is 4.34. The molecule has 2 heterocycles. The van der Waals surface area contributed by atoms with Gasteiger partial charge in [0.05, 0.1) is 6.54 Å². The molecule has 1 aromatic carbocycles. The fraction of sp³-hybridized carbons (Fsp3) is 0.400. The molecule has 6 nitrogen and oxygen atoms in total. The van der Waals surface area contributed by atoms with Crippen molar-refractivity contribution in [3.8, 4) is 5.75 Å². The van der Waals surface area contributed by atoms with Gasteiger partial charge in [0, 0.05) is 37.9 Å². The molecule has 1 atom stereocenters. The third kappa shape index (κ3) is 5.55. The van der Waals surface area contributed by atoms with Crippen molar-refractivity contribution in [2.45, 2.75) is 19.4 Å². The van der Waals surface area contributed by atoms with Gasteiger partial charge >= 0.3 is 0 Å². The Kier molecular flexibility index (Phi) is 7.00. The molecule has 0 amide bonds. The summed E-state index contributed by atoms with van der Waals surface area (Å²) in [5, 5.41) is 6.57. The Bertz CT molecular complexity index is 802. The van der Waals surface area contributed by atoms with Crippen molar-refractivity contribution in [1.82, 2.24) is 15.6 Å². The molecule has 1 saturated heterocycles. The number of benzene rings is 1. The van der Waals surface area contributed by atoms with E-state index in [9.17, 15) is 8.78 Å². The molecule has 3 rings (SSSR count). The Hall–Kier alpha value is -2.90. The van der Waals surface area contributed by atoms with E-state index < -0.39 is 0 Å². The molecule has 0 radical (unpaired) electrons. The summed E-state index contributed by atoms with van der Waals surface area (Å²) in [4.78, 5) is 10.6. The van der Waals surface area contributed by atoms with Gasteiger partial charge in [0.15, 0.2) is 17.6 Å². The average Bonchev–Trinajstić information content (AvgIpc) is 3.14. The minimum absolute atomic E-state index is 0.142. The largest absolute Gasteiger partial charge is 0.492 e. The Balaban J connectivity index is 1.50. The van der Waals surface area contributed by atoms with Gasteiger partial charge in [-0.05, 0) is 37.6 Å². The van der Waals surface area contributed by atoms with Crippen LogP contribution in [0.25, 0.3) is 0 Å². The lowest BCUT2D eigenvalue weighted by Gasteiger charge is -2.20. The number of anilines is 1. The Morgan fingerprint density at radius 2 is 2.21 bits per heavy atom. The zero-order valence-electron chi connectivity index (χ0n) is 15.9. The number of hydrogen-bond donors (Lipinski definition) is 2. The normalized spacial score (nSPS) is 16.9. The Morgan fingerprint density at radius 1 is 1.32 bits per heavy atom. The van der Waals surface area contributed by atoms with Gasteiger partial charge in [-0.3, -0.25) is 0 Å². The highest BCUT2D eigenvalue weighted by atomic mass is 19.1. The molecule has 28 heavy (non-hydrogen) atoms. The molecule has 1 aromatic heterocycles. The summed E-state index contributed by atoms with van der Waals surface area (Å²) in [5.74, 6) is 0.914. The summed E-state index contributed by atoms with van der Waals surface area (Å²) >= 11 is 0. The maximum Gasteiger partial charge on any atom is 0.191 e. The van der Waals surface area contributed by atoms with Gasteiger partial charge in [-0.1, -0.05) is 6.07 Å². The number of ether oxygens (including phenoxy) is 1. The maximum absolute atomic E-state index is 13.9. The fourth-order valence-corrected chi connectivity index (χ4v) is 3.07. The SMILES string of the molecule is CCNC(=NCCOc1cccc(F)c1)NC1CCN(c2ncccc2F)C1.